The van der Waals surface area contributed by atoms with E-state index in [0.29, 0.717) is 22.0 Å². The van der Waals surface area contributed by atoms with Crippen molar-refractivity contribution in [2.24, 2.45) is 0 Å². The van der Waals surface area contributed by atoms with E-state index >= 15 is 0 Å². The van der Waals surface area contributed by atoms with Crippen molar-refractivity contribution in [3.63, 3.8) is 0 Å². The Morgan fingerprint density at radius 1 is 1.26 bits per heavy atom. The average molecular weight is 340 g/mol. The molecular formula is C14H12BrClN2O. The Kier molecular flexibility index (Phi) is 4.12. The molecule has 0 saturated carbocycles. The SMILES string of the molecule is Cc1ccc(C(=O)Nc2ccc(N)c(Cl)c2)c(Br)c1. The van der Waals surface area contributed by atoms with Crippen LogP contribution in [0.2, 0.25) is 5.02 Å². The quantitative estimate of drug-likeness (QED) is 0.804. The molecule has 1 amide bonds. The Balaban J connectivity index is 2.23. The van der Waals surface area contributed by atoms with Crippen LogP contribution in [0.4, 0.5) is 11.4 Å². The molecule has 98 valence electrons. The Morgan fingerprint density at radius 2 is 2.00 bits per heavy atom. The number of aryl methyl sites for hydroxylation is 1. The van der Waals surface area contributed by atoms with Gasteiger partial charge in [0, 0.05) is 10.2 Å². The predicted octanol–water partition coefficient (Wildman–Crippen LogP) is 4.25. The van der Waals surface area contributed by atoms with E-state index in [4.69, 9.17) is 17.3 Å². The summed E-state index contributed by atoms with van der Waals surface area (Å²) in [5, 5.41) is 3.19. The zero-order chi connectivity index (χ0) is 14.0. The van der Waals surface area contributed by atoms with Crippen LogP contribution in [-0.2, 0) is 0 Å². The van der Waals surface area contributed by atoms with Crippen LogP contribution < -0.4 is 11.1 Å². The highest BCUT2D eigenvalue weighted by Gasteiger charge is 2.10. The molecule has 0 aliphatic heterocycles. The number of halogens is 2. The van der Waals surface area contributed by atoms with Crippen LogP contribution in [0.5, 0.6) is 0 Å². The van der Waals surface area contributed by atoms with E-state index in [1.807, 2.05) is 19.1 Å². The van der Waals surface area contributed by atoms with Gasteiger partial charge in [-0.05, 0) is 58.7 Å². The number of amides is 1. The minimum atomic E-state index is -0.201. The van der Waals surface area contributed by atoms with Gasteiger partial charge in [-0.1, -0.05) is 17.7 Å². The van der Waals surface area contributed by atoms with E-state index in [1.165, 1.54) is 0 Å². The molecule has 0 bridgehead atoms. The zero-order valence-corrected chi connectivity index (χ0v) is 12.5. The Morgan fingerprint density at radius 3 is 2.63 bits per heavy atom. The van der Waals surface area contributed by atoms with Crippen molar-refractivity contribution in [2.45, 2.75) is 6.92 Å². The van der Waals surface area contributed by atoms with Gasteiger partial charge < -0.3 is 11.1 Å². The molecule has 0 aliphatic rings. The van der Waals surface area contributed by atoms with Crippen molar-refractivity contribution in [1.29, 1.82) is 0 Å². The molecule has 19 heavy (non-hydrogen) atoms. The van der Waals surface area contributed by atoms with E-state index in [-0.39, 0.29) is 5.91 Å². The lowest BCUT2D eigenvalue weighted by Gasteiger charge is -2.08. The molecule has 0 aromatic heterocycles. The van der Waals surface area contributed by atoms with E-state index in [2.05, 4.69) is 21.2 Å². The van der Waals surface area contributed by atoms with Crippen molar-refractivity contribution < 1.29 is 4.79 Å². The third-order valence-electron chi connectivity index (χ3n) is 2.63. The third-order valence-corrected chi connectivity index (χ3v) is 3.61. The summed E-state index contributed by atoms with van der Waals surface area (Å²) in [5.74, 6) is -0.201. The van der Waals surface area contributed by atoms with Gasteiger partial charge in [-0.25, -0.2) is 0 Å². The summed E-state index contributed by atoms with van der Waals surface area (Å²) in [7, 11) is 0. The molecule has 5 heteroatoms. The summed E-state index contributed by atoms with van der Waals surface area (Å²) < 4.78 is 0.756. The van der Waals surface area contributed by atoms with Gasteiger partial charge in [0.05, 0.1) is 16.3 Å². The number of nitrogens with two attached hydrogens (primary N) is 1. The second-order valence-electron chi connectivity index (χ2n) is 4.17. The van der Waals surface area contributed by atoms with Gasteiger partial charge in [-0.15, -0.1) is 0 Å². The Bertz CT molecular complexity index is 643. The molecule has 0 heterocycles. The maximum absolute atomic E-state index is 12.1. The molecule has 0 unspecified atom stereocenters. The number of anilines is 2. The van der Waals surface area contributed by atoms with Crippen LogP contribution >= 0.6 is 27.5 Å². The van der Waals surface area contributed by atoms with E-state index < -0.39 is 0 Å². The molecule has 0 atom stereocenters. The van der Waals surface area contributed by atoms with Gasteiger partial charge in [0.25, 0.3) is 5.91 Å². The summed E-state index contributed by atoms with van der Waals surface area (Å²) in [5.41, 5.74) is 8.36. The molecule has 3 N–H and O–H groups in total. The van der Waals surface area contributed by atoms with Crippen molar-refractivity contribution in [2.75, 3.05) is 11.1 Å². The third kappa shape index (κ3) is 3.28. The predicted molar refractivity (Wildman–Crippen MR) is 82.7 cm³/mol. The fourth-order valence-corrected chi connectivity index (χ4v) is 2.46. The fraction of sp³-hybridized carbons (Fsp3) is 0.0714. The lowest BCUT2D eigenvalue weighted by molar-refractivity contribution is 0.102. The fourth-order valence-electron chi connectivity index (χ4n) is 1.61. The lowest BCUT2D eigenvalue weighted by atomic mass is 10.1. The zero-order valence-electron chi connectivity index (χ0n) is 10.2. The summed E-state index contributed by atoms with van der Waals surface area (Å²) in [4.78, 5) is 12.1. The molecule has 2 aromatic rings. The molecular weight excluding hydrogens is 328 g/mol. The highest BCUT2D eigenvalue weighted by molar-refractivity contribution is 9.10. The molecule has 2 aromatic carbocycles. The maximum Gasteiger partial charge on any atom is 0.256 e. The van der Waals surface area contributed by atoms with Crippen molar-refractivity contribution in [3.05, 3.63) is 57.0 Å². The summed E-state index contributed by atoms with van der Waals surface area (Å²) in [6.45, 7) is 1.96. The minimum absolute atomic E-state index is 0.201. The molecule has 2 rings (SSSR count). The Labute approximate surface area is 124 Å². The van der Waals surface area contributed by atoms with Gasteiger partial charge in [0.1, 0.15) is 0 Å². The summed E-state index contributed by atoms with van der Waals surface area (Å²) >= 11 is 9.29. The van der Waals surface area contributed by atoms with Gasteiger partial charge in [0.2, 0.25) is 0 Å². The molecule has 0 saturated heterocycles. The van der Waals surface area contributed by atoms with Gasteiger partial charge in [-0.3, -0.25) is 4.79 Å². The van der Waals surface area contributed by atoms with Crippen molar-refractivity contribution in [3.8, 4) is 0 Å². The minimum Gasteiger partial charge on any atom is -0.398 e. The van der Waals surface area contributed by atoms with Crippen LogP contribution in [0.1, 0.15) is 15.9 Å². The number of nitrogens with one attached hydrogen (secondary N) is 1. The first-order chi connectivity index (χ1) is 8.97. The van der Waals surface area contributed by atoms with Crippen LogP contribution in [0.25, 0.3) is 0 Å². The first-order valence-electron chi connectivity index (χ1n) is 5.60. The number of hydrogen-bond acceptors (Lipinski definition) is 2. The van der Waals surface area contributed by atoms with Crippen LogP contribution in [0, 0.1) is 6.92 Å². The number of nitrogen functional groups attached to an aromatic ring is 1. The largest absolute Gasteiger partial charge is 0.398 e. The lowest BCUT2D eigenvalue weighted by Crippen LogP contribution is -2.12. The van der Waals surface area contributed by atoms with Gasteiger partial charge >= 0.3 is 0 Å². The highest BCUT2D eigenvalue weighted by atomic mass is 79.9. The molecule has 0 aliphatic carbocycles. The molecule has 0 radical (unpaired) electrons. The first kappa shape index (κ1) is 13.9. The monoisotopic (exact) mass is 338 g/mol. The van der Waals surface area contributed by atoms with Crippen LogP contribution in [0.15, 0.2) is 40.9 Å². The standard InChI is InChI=1S/C14H12BrClN2O/c1-8-2-4-10(11(15)6-8)14(19)18-9-3-5-13(17)12(16)7-9/h2-7H,17H2,1H3,(H,18,19). The van der Waals surface area contributed by atoms with E-state index in [1.54, 1.807) is 24.3 Å². The number of rotatable bonds is 2. The normalized spacial score (nSPS) is 10.3. The number of benzene rings is 2. The first-order valence-corrected chi connectivity index (χ1v) is 6.77. The summed E-state index contributed by atoms with van der Waals surface area (Å²) in [6.07, 6.45) is 0. The Hall–Kier alpha value is -1.52. The van der Waals surface area contributed by atoms with E-state index in [9.17, 15) is 4.79 Å². The topological polar surface area (TPSA) is 55.1 Å². The van der Waals surface area contributed by atoms with Crippen molar-refractivity contribution >= 4 is 44.8 Å². The average Bonchev–Trinajstić information content (AvgIpc) is 2.33. The molecule has 3 nitrogen and oxygen atoms in total. The smallest absolute Gasteiger partial charge is 0.256 e. The second kappa shape index (κ2) is 5.63. The summed E-state index contributed by atoms with van der Waals surface area (Å²) in [6, 6.07) is 10.5. The molecule has 0 fully saturated rings. The maximum atomic E-state index is 12.1. The number of carbonyl (C=O) groups excluding carboxylic acids is 1. The number of hydrogen-bond donors (Lipinski definition) is 2. The highest BCUT2D eigenvalue weighted by Crippen LogP contribution is 2.24. The van der Waals surface area contributed by atoms with Crippen LogP contribution in [0.3, 0.4) is 0 Å². The molecule has 0 spiro atoms. The van der Waals surface area contributed by atoms with E-state index in [0.717, 1.165) is 10.0 Å². The van der Waals surface area contributed by atoms with Gasteiger partial charge in [-0.2, -0.15) is 0 Å². The van der Waals surface area contributed by atoms with Gasteiger partial charge in [0.15, 0.2) is 0 Å². The van der Waals surface area contributed by atoms with Crippen molar-refractivity contribution in [1.82, 2.24) is 0 Å². The second-order valence-corrected chi connectivity index (χ2v) is 5.44. The number of carbonyl (C=O) groups is 1. The van der Waals surface area contributed by atoms with Crippen LogP contribution in [-0.4, -0.2) is 5.91 Å².